The summed E-state index contributed by atoms with van der Waals surface area (Å²) < 4.78 is 0. The Morgan fingerprint density at radius 2 is 1.93 bits per heavy atom. The Labute approximate surface area is 89.4 Å². The highest BCUT2D eigenvalue weighted by Crippen LogP contribution is 2.10. The van der Waals surface area contributed by atoms with Crippen LogP contribution in [0.15, 0.2) is 24.3 Å². The van der Waals surface area contributed by atoms with E-state index < -0.39 is 5.97 Å². The molecular formula is C12H16O3. The van der Waals surface area contributed by atoms with Crippen molar-refractivity contribution in [3.63, 3.8) is 0 Å². The number of aryl methyl sites for hydroxylation is 1. The lowest BCUT2D eigenvalue weighted by Gasteiger charge is -2.07. The molecule has 0 bridgehead atoms. The first kappa shape index (κ1) is 11.7. The SMILES string of the molecule is CC(CO)CCc1ccc(C(=O)O)cc1. The highest BCUT2D eigenvalue weighted by Gasteiger charge is 2.03. The monoisotopic (exact) mass is 208 g/mol. The Hall–Kier alpha value is -1.35. The van der Waals surface area contributed by atoms with Crippen molar-refractivity contribution < 1.29 is 15.0 Å². The molecule has 3 heteroatoms. The van der Waals surface area contributed by atoms with Gasteiger partial charge in [0.1, 0.15) is 0 Å². The van der Waals surface area contributed by atoms with Gasteiger partial charge in [-0.25, -0.2) is 4.79 Å². The predicted octanol–water partition coefficient (Wildman–Crippen LogP) is 1.95. The number of hydrogen-bond acceptors (Lipinski definition) is 2. The minimum atomic E-state index is -0.898. The van der Waals surface area contributed by atoms with E-state index >= 15 is 0 Å². The molecule has 0 aliphatic carbocycles. The van der Waals surface area contributed by atoms with Gasteiger partial charge in [0, 0.05) is 6.61 Å². The van der Waals surface area contributed by atoms with Gasteiger partial charge in [-0.15, -0.1) is 0 Å². The summed E-state index contributed by atoms with van der Waals surface area (Å²) in [5.41, 5.74) is 1.43. The average Bonchev–Trinajstić information content (AvgIpc) is 2.26. The van der Waals surface area contributed by atoms with Crippen molar-refractivity contribution in [1.82, 2.24) is 0 Å². The fourth-order valence-electron chi connectivity index (χ4n) is 1.32. The van der Waals surface area contributed by atoms with E-state index in [2.05, 4.69) is 0 Å². The Bertz CT molecular complexity index is 316. The third kappa shape index (κ3) is 3.72. The summed E-state index contributed by atoms with van der Waals surface area (Å²) in [5.74, 6) is -0.602. The molecule has 0 aromatic heterocycles. The van der Waals surface area contributed by atoms with Crippen LogP contribution in [-0.2, 0) is 6.42 Å². The normalized spacial score (nSPS) is 12.4. The number of carbonyl (C=O) groups is 1. The van der Waals surface area contributed by atoms with Gasteiger partial charge in [0.15, 0.2) is 0 Å². The smallest absolute Gasteiger partial charge is 0.335 e. The number of benzene rings is 1. The standard InChI is InChI=1S/C12H16O3/c1-9(8-13)2-3-10-4-6-11(7-5-10)12(14)15/h4-7,9,13H,2-3,8H2,1H3,(H,14,15). The van der Waals surface area contributed by atoms with Gasteiger partial charge in [-0.1, -0.05) is 19.1 Å². The molecule has 2 N–H and O–H groups in total. The third-order valence-electron chi connectivity index (χ3n) is 2.44. The zero-order valence-corrected chi connectivity index (χ0v) is 8.81. The molecule has 0 radical (unpaired) electrons. The molecule has 0 spiro atoms. The molecule has 1 unspecified atom stereocenters. The zero-order valence-electron chi connectivity index (χ0n) is 8.81. The Kier molecular flexibility index (Phi) is 4.31. The molecule has 1 aromatic rings. The number of aliphatic hydroxyl groups excluding tert-OH is 1. The molecule has 0 aliphatic heterocycles. The number of aromatic carboxylic acids is 1. The molecule has 15 heavy (non-hydrogen) atoms. The Morgan fingerprint density at radius 3 is 2.40 bits per heavy atom. The zero-order chi connectivity index (χ0) is 11.3. The maximum Gasteiger partial charge on any atom is 0.335 e. The van der Waals surface area contributed by atoms with Gasteiger partial charge in [-0.05, 0) is 36.5 Å². The maximum absolute atomic E-state index is 10.6. The second-order valence-corrected chi connectivity index (χ2v) is 3.83. The first-order valence-corrected chi connectivity index (χ1v) is 5.06. The quantitative estimate of drug-likeness (QED) is 0.777. The largest absolute Gasteiger partial charge is 0.478 e. The lowest BCUT2D eigenvalue weighted by molar-refractivity contribution is 0.0697. The summed E-state index contributed by atoms with van der Waals surface area (Å²) >= 11 is 0. The van der Waals surface area contributed by atoms with Crippen LogP contribution < -0.4 is 0 Å². The molecule has 0 saturated heterocycles. The summed E-state index contributed by atoms with van der Waals surface area (Å²) in [4.78, 5) is 10.6. The molecule has 0 amide bonds. The van der Waals surface area contributed by atoms with Gasteiger partial charge in [0.25, 0.3) is 0 Å². The molecule has 1 rings (SSSR count). The molecule has 0 saturated carbocycles. The molecule has 0 aliphatic rings. The summed E-state index contributed by atoms with van der Waals surface area (Å²) in [5, 5.41) is 17.6. The van der Waals surface area contributed by atoms with Gasteiger partial charge < -0.3 is 10.2 Å². The van der Waals surface area contributed by atoms with Crippen molar-refractivity contribution >= 4 is 5.97 Å². The average molecular weight is 208 g/mol. The highest BCUT2D eigenvalue weighted by molar-refractivity contribution is 5.87. The van der Waals surface area contributed by atoms with Crippen LogP contribution in [0.4, 0.5) is 0 Å². The Morgan fingerprint density at radius 1 is 1.33 bits per heavy atom. The van der Waals surface area contributed by atoms with E-state index in [4.69, 9.17) is 10.2 Å². The summed E-state index contributed by atoms with van der Waals surface area (Å²) in [6.45, 7) is 2.19. The number of aliphatic hydroxyl groups is 1. The first-order valence-electron chi connectivity index (χ1n) is 5.06. The van der Waals surface area contributed by atoms with Crippen molar-refractivity contribution in [3.8, 4) is 0 Å². The second kappa shape index (κ2) is 5.51. The lowest BCUT2D eigenvalue weighted by Crippen LogP contribution is -2.02. The molecule has 0 fully saturated rings. The van der Waals surface area contributed by atoms with Crippen molar-refractivity contribution in [2.24, 2.45) is 5.92 Å². The lowest BCUT2D eigenvalue weighted by atomic mass is 10.0. The van der Waals surface area contributed by atoms with Crippen LogP contribution in [-0.4, -0.2) is 22.8 Å². The van der Waals surface area contributed by atoms with Gasteiger partial charge in [0.05, 0.1) is 5.56 Å². The fraction of sp³-hybridized carbons (Fsp3) is 0.417. The Balaban J connectivity index is 2.53. The minimum Gasteiger partial charge on any atom is -0.478 e. The second-order valence-electron chi connectivity index (χ2n) is 3.83. The molecule has 82 valence electrons. The topological polar surface area (TPSA) is 57.5 Å². The summed E-state index contributed by atoms with van der Waals surface area (Å²) in [7, 11) is 0. The van der Waals surface area contributed by atoms with Gasteiger partial charge in [0.2, 0.25) is 0 Å². The van der Waals surface area contributed by atoms with Crippen molar-refractivity contribution in [2.45, 2.75) is 19.8 Å². The van der Waals surface area contributed by atoms with Crippen LogP contribution in [0.5, 0.6) is 0 Å². The van der Waals surface area contributed by atoms with Crippen LogP contribution in [0.1, 0.15) is 29.3 Å². The molecule has 3 nitrogen and oxygen atoms in total. The minimum absolute atomic E-state index is 0.202. The number of hydrogen-bond donors (Lipinski definition) is 2. The maximum atomic E-state index is 10.6. The fourth-order valence-corrected chi connectivity index (χ4v) is 1.32. The molecule has 0 heterocycles. The summed E-state index contributed by atoms with van der Waals surface area (Å²) in [6, 6.07) is 6.88. The van der Waals surface area contributed by atoms with Crippen LogP contribution in [0.25, 0.3) is 0 Å². The first-order chi connectivity index (χ1) is 7.13. The highest BCUT2D eigenvalue weighted by atomic mass is 16.4. The van der Waals surface area contributed by atoms with E-state index in [1.165, 1.54) is 0 Å². The van der Waals surface area contributed by atoms with Gasteiger partial charge in [-0.2, -0.15) is 0 Å². The van der Waals surface area contributed by atoms with E-state index in [9.17, 15) is 4.79 Å². The van der Waals surface area contributed by atoms with Crippen molar-refractivity contribution in [3.05, 3.63) is 35.4 Å². The van der Waals surface area contributed by atoms with E-state index in [1.807, 2.05) is 19.1 Å². The molecule has 1 atom stereocenters. The predicted molar refractivity (Wildman–Crippen MR) is 58.0 cm³/mol. The van der Waals surface area contributed by atoms with Crippen LogP contribution in [0, 0.1) is 5.92 Å². The number of carboxylic acids is 1. The van der Waals surface area contributed by atoms with Crippen LogP contribution in [0.3, 0.4) is 0 Å². The van der Waals surface area contributed by atoms with E-state index in [1.54, 1.807) is 12.1 Å². The van der Waals surface area contributed by atoms with E-state index in [-0.39, 0.29) is 6.61 Å². The van der Waals surface area contributed by atoms with Crippen molar-refractivity contribution in [2.75, 3.05) is 6.61 Å². The van der Waals surface area contributed by atoms with Crippen molar-refractivity contribution in [1.29, 1.82) is 0 Å². The molecular weight excluding hydrogens is 192 g/mol. The van der Waals surface area contributed by atoms with Crippen LogP contribution in [0.2, 0.25) is 0 Å². The summed E-state index contributed by atoms with van der Waals surface area (Å²) in [6.07, 6.45) is 1.80. The molecule has 1 aromatic carbocycles. The number of rotatable bonds is 5. The third-order valence-corrected chi connectivity index (χ3v) is 2.44. The van der Waals surface area contributed by atoms with E-state index in [0.717, 1.165) is 18.4 Å². The number of carboxylic acid groups (broad SMARTS) is 1. The van der Waals surface area contributed by atoms with Gasteiger partial charge >= 0.3 is 5.97 Å². The van der Waals surface area contributed by atoms with Gasteiger partial charge in [-0.3, -0.25) is 0 Å². The van der Waals surface area contributed by atoms with E-state index in [0.29, 0.717) is 11.5 Å². The van der Waals surface area contributed by atoms with Crippen LogP contribution >= 0.6 is 0 Å².